The first-order chi connectivity index (χ1) is 30.5. The number of aryl methyl sites for hydroxylation is 2. The Kier molecular flexibility index (Phi) is 9.32. The molecule has 0 radical (unpaired) electrons. The van der Waals surface area contributed by atoms with E-state index < -0.39 is 0 Å². The predicted octanol–water partition coefficient (Wildman–Crippen LogP) is 17.2. The zero-order valence-electron chi connectivity index (χ0n) is 34.7. The van der Waals surface area contributed by atoms with E-state index in [1.807, 2.05) is 12.1 Å². The number of furan rings is 1. The molecule has 0 unspecified atom stereocenters. The van der Waals surface area contributed by atoms with Crippen LogP contribution < -0.4 is 4.90 Å². The van der Waals surface area contributed by atoms with Crippen molar-refractivity contribution in [3.05, 3.63) is 236 Å². The van der Waals surface area contributed by atoms with Crippen LogP contribution in [-0.4, -0.2) is 0 Å². The minimum Gasteiger partial charge on any atom is -0.456 e. The van der Waals surface area contributed by atoms with Gasteiger partial charge >= 0.3 is 0 Å². The lowest BCUT2D eigenvalue weighted by Gasteiger charge is -2.27. The summed E-state index contributed by atoms with van der Waals surface area (Å²) in [7, 11) is 0. The summed E-state index contributed by atoms with van der Waals surface area (Å²) in [5.74, 6) is 0. The Morgan fingerprint density at radius 3 is 1.47 bits per heavy atom. The molecule has 2 nitrogen and oxygen atoms in total. The van der Waals surface area contributed by atoms with E-state index in [4.69, 9.17) is 4.42 Å². The van der Waals surface area contributed by atoms with Crippen molar-refractivity contribution in [2.45, 2.75) is 13.8 Å². The number of para-hydroxylation sites is 1. The molecule has 0 saturated heterocycles. The summed E-state index contributed by atoms with van der Waals surface area (Å²) >= 11 is 0. The smallest absolute Gasteiger partial charge is 0.135 e. The van der Waals surface area contributed by atoms with Crippen molar-refractivity contribution >= 4 is 49.8 Å². The third-order valence-corrected chi connectivity index (χ3v) is 12.4. The van der Waals surface area contributed by atoms with Gasteiger partial charge in [0, 0.05) is 27.8 Å². The summed E-state index contributed by atoms with van der Waals surface area (Å²) < 4.78 is 6.11. The van der Waals surface area contributed by atoms with Gasteiger partial charge in [0.15, 0.2) is 0 Å². The van der Waals surface area contributed by atoms with E-state index in [0.717, 1.165) is 39.0 Å². The van der Waals surface area contributed by atoms with E-state index in [0.29, 0.717) is 0 Å². The van der Waals surface area contributed by atoms with Crippen molar-refractivity contribution in [2.24, 2.45) is 0 Å². The first-order valence-corrected chi connectivity index (χ1v) is 21.3. The summed E-state index contributed by atoms with van der Waals surface area (Å²) in [6, 6.07) is 81.1. The van der Waals surface area contributed by atoms with E-state index in [-0.39, 0.29) is 0 Å². The molecule has 11 rings (SSSR count). The van der Waals surface area contributed by atoms with Crippen LogP contribution in [-0.2, 0) is 0 Å². The van der Waals surface area contributed by atoms with Gasteiger partial charge in [-0.25, -0.2) is 0 Å². The second-order valence-corrected chi connectivity index (χ2v) is 16.2. The molecule has 0 bridgehead atoms. The zero-order chi connectivity index (χ0) is 41.6. The van der Waals surface area contributed by atoms with Gasteiger partial charge < -0.3 is 9.32 Å². The maximum Gasteiger partial charge on any atom is 0.135 e. The fraction of sp³-hybridized carbons (Fsp3) is 0.0333. The average Bonchev–Trinajstić information content (AvgIpc) is 3.71. The lowest BCUT2D eigenvalue weighted by molar-refractivity contribution is 0.669. The molecule has 10 aromatic carbocycles. The van der Waals surface area contributed by atoms with Gasteiger partial charge in [-0.05, 0) is 146 Å². The number of benzene rings is 10. The van der Waals surface area contributed by atoms with Crippen LogP contribution in [0.15, 0.2) is 229 Å². The second kappa shape index (κ2) is 15.6. The van der Waals surface area contributed by atoms with Crippen molar-refractivity contribution in [1.29, 1.82) is 0 Å². The highest BCUT2D eigenvalue weighted by atomic mass is 16.3. The van der Waals surface area contributed by atoms with Crippen LogP contribution in [0.2, 0.25) is 0 Å². The Morgan fingerprint density at radius 1 is 0.290 bits per heavy atom. The standard InChI is InChI=1S/C60H43NO/c1-40-37-48(49-28-36-60-58(39-49)57-16-8-9-18-59(57)62-60)27-34-53(40)54-35-33-52(38-41(54)2)61(51-31-25-47(26-32-51)56-17-10-14-46-13-6-7-15-55(46)56)50-29-23-45(24-30-50)44-21-19-43(20-22-44)42-11-4-3-5-12-42/h3-39H,1-2H3. The minimum atomic E-state index is 0.915. The van der Waals surface area contributed by atoms with Gasteiger partial charge in [0.1, 0.15) is 11.2 Å². The number of anilines is 3. The zero-order valence-corrected chi connectivity index (χ0v) is 34.7. The topological polar surface area (TPSA) is 16.4 Å². The third-order valence-electron chi connectivity index (χ3n) is 12.4. The highest BCUT2D eigenvalue weighted by molar-refractivity contribution is 6.06. The molecule has 0 fully saturated rings. The van der Waals surface area contributed by atoms with Gasteiger partial charge in [-0.3, -0.25) is 0 Å². The monoisotopic (exact) mass is 793 g/mol. The van der Waals surface area contributed by atoms with Crippen LogP contribution in [0.4, 0.5) is 17.1 Å². The highest BCUT2D eigenvalue weighted by Gasteiger charge is 2.17. The first-order valence-electron chi connectivity index (χ1n) is 21.3. The van der Waals surface area contributed by atoms with Crippen LogP contribution >= 0.6 is 0 Å². The Morgan fingerprint density at radius 2 is 0.774 bits per heavy atom. The summed E-state index contributed by atoms with van der Waals surface area (Å²) in [5, 5.41) is 4.80. The molecule has 0 aliphatic carbocycles. The van der Waals surface area contributed by atoms with Gasteiger partial charge in [-0.1, -0.05) is 170 Å². The fourth-order valence-corrected chi connectivity index (χ4v) is 9.14. The molecule has 0 aliphatic rings. The van der Waals surface area contributed by atoms with E-state index >= 15 is 0 Å². The largest absolute Gasteiger partial charge is 0.456 e. The summed E-state index contributed by atoms with van der Waals surface area (Å²) in [6.45, 7) is 4.45. The van der Waals surface area contributed by atoms with Crippen molar-refractivity contribution in [3.8, 4) is 55.6 Å². The van der Waals surface area contributed by atoms with E-state index in [9.17, 15) is 0 Å². The van der Waals surface area contributed by atoms with E-state index in [1.165, 1.54) is 77.5 Å². The van der Waals surface area contributed by atoms with Crippen LogP contribution in [0.3, 0.4) is 0 Å². The van der Waals surface area contributed by atoms with E-state index in [1.54, 1.807) is 0 Å². The molecule has 62 heavy (non-hydrogen) atoms. The molecule has 294 valence electrons. The van der Waals surface area contributed by atoms with Gasteiger partial charge in [-0.2, -0.15) is 0 Å². The molecule has 1 aromatic heterocycles. The van der Waals surface area contributed by atoms with Crippen LogP contribution in [0.25, 0.3) is 88.3 Å². The lowest BCUT2D eigenvalue weighted by Crippen LogP contribution is -2.10. The molecule has 0 atom stereocenters. The molecule has 0 N–H and O–H groups in total. The number of hydrogen-bond acceptors (Lipinski definition) is 2. The van der Waals surface area contributed by atoms with Gasteiger partial charge in [-0.15, -0.1) is 0 Å². The third kappa shape index (κ3) is 6.82. The van der Waals surface area contributed by atoms with Crippen LogP contribution in [0, 0.1) is 13.8 Å². The molecular weight excluding hydrogens is 751 g/mol. The molecular formula is C60H43NO. The fourth-order valence-electron chi connectivity index (χ4n) is 9.14. The van der Waals surface area contributed by atoms with Gasteiger partial charge in [0.05, 0.1) is 0 Å². The number of rotatable bonds is 8. The number of hydrogen-bond donors (Lipinski definition) is 0. The maximum absolute atomic E-state index is 6.11. The van der Waals surface area contributed by atoms with Gasteiger partial charge in [0.25, 0.3) is 0 Å². The normalized spacial score (nSPS) is 11.4. The molecule has 0 saturated carbocycles. The molecule has 2 heteroatoms. The first kappa shape index (κ1) is 37.1. The van der Waals surface area contributed by atoms with Gasteiger partial charge in [0.2, 0.25) is 0 Å². The van der Waals surface area contributed by atoms with Crippen LogP contribution in [0.5, 0.6) is 0 Å². The maximum atomic E-state index is 6.11. The Hall–Kier alpha value is -7.94. The number of fused-ring (bicyclic) bond motifs is 4. The second-order valence-electron chi connectivity index (χ2n) is 16.2. The molecule has 0 spiro atoms. The Labute approximate surface area is 362 Å². The minimum absolute atomic E-state index is 0.915. The average molecular weight is 794 g/mol. The van der Waals surface area contributed by atoms with Crippen molar-refractivity contribution in [3.63, 3.8) is 0 Å². The Balaban J connectivity index is 0.938. The highest BCUT2D eigenvalue weighted by Crippen LogP contribution is 2.41. The summed E-state index contributed by atoms with van der Waals surface area (Å²) in [5.41, 5.74) is 19.7. The molecule has 0 amide bonds. The quantitative estimate of drug-likeness (QED) is 0.152. The van der Waals surface area contributed by atoms with E-state index in [2.05, 4.69) is 231 Å². The lowest BCUT2D eigenvalue weighted by atomic mass is 9.92. The number of nitrogens with zero attached hydrogens (tertiary/aromatic N) is 1. The summed E-state index contributed by atoms with van der Waals surface area (Å²) in [6.07, 6.45) is 0. The van der Waals surface area contributed by atoms with Crippen molar-refractivity contribution in [1.82, 2.24) is 0 Å². The molecule has 1 heterocycles. The molecule has 11 aromatic rings. The summed E-state index contributed by atoms with van der Waals surface area (Å²) in [4.78, 5) is 2.37. The predicted molar refractivity (Wildman–Crippen MR) is 263 cm³/mol. The Bertz CT molecular complexity index is 3390. The van der Waals surface area contributed by atoms with Crippen molar-refractivity contribution in [2.75, 3.05) is 4.90 Å². The molecule has 0 aliphatic heterocycles. The van der Waals surface area contributed by atoms with Crippen LogP contribution in [0.1, 0.15) is 11.1 Å². The SMILES string of the molecule is Cc1cc(-c2ccc3oc4ccccc4c3c2)ccc1-c1ccc(N(c2ccc(-c3ccc(-c4ccccc4)cc3)cc2)c2ccc(-c3cccc4ccccc34)cc2)cc1C. The van der Waals surface area contributed by atoms with Crippen molar-refractivity contribution < 1.29 is 4.42 Å².